The number of thiophene rings is 1. The maximum absolute atomic E-state index is 11.9. The standard InChI is InChI=1S/C13H9BrN2O2S/c14-12-6-5-11(19-12)13(17)16-9-1-3-10(4-2-9)18-8-7-15/h1-6H,8H2,(H,16,17). The summed E-state index contributed by atoms with van der Waals surface area (Å²) in [6, 6.07) is 12.4. The lowest BCUT2D eigenvalue weighted by atomic mass is 10.3. The monoisotopic (exact) mass is 336 g/mol. The summed E-state index contributed by atoms with van der Waals surface area (Å²) < 4.78 is 6.04. The van der Waals surface area contributed by atoms with Gasteiger partial charge in [0.25, 0.3) is 5.91 Å². The Morgan fingerprint density at radius 1 is 1.32 bits per heavy atom. The van der Waals surface area contributed by atoms with Crippen LogP contribution in [0.15, 0.2) is 40.2 Å². The van der Waals surface area contributed by atoms with Gasteiger partial charge in [-0.2, -0.15) is 5.26 Å². The molecule has 1 heterocycles. The Balaban J connectivity index is 2.00. The van der Waals surface area contributed by atoms with Crippen LogP contribution in [0.3, 0.4) is 0 Å². The molecule has 0 saturated heterocycles. The molecule has 19 heavy (non-hydrogen) atoms. The zero-order chi connectivity index (χ0) is 13.7. The van der Waals surface area contributed by atoms with Crippen LogP contribution in [-0.2, 0) is 0 Å². The lowest BCUT2D eigenvalue weighted by Crippen LogP contribution is -2.09. The van der Waals surface area contributed by atoms with Crippen LogP contribution < -0.4 is 10.1 Å². The second kappa shape index (κ2) is 6.36. The van der Waals surface area contributed by atoms with Gasteiger partial charge in [-0.3, -0.25) is 4.79 Å². The lowest BCUT2D eigenvalue weighted by molar-refractivity contribution is 0.103. The predicted octanol–water partition coefficient (Wildman–Crippen LogP) is 3.67. The van der Waals surface area contributed by atoms with Crippen LogP contribution in [0.4, 0.5) is 5.69 Å². The summed E-state index contributed by atoms with van der Waals surface area (Å²) in [6.45, 7) is 0.00886. The number of amides is 1. The summed E-state index contributed by atoms with van der Waals surface area (Å²) in [5.41, 5.74) is 0.679. The fourth-order valence-corrected chi connectivity index (χ4v) is 2.66. The van der Waals surface area contributed by atoms with E-state index >= 15 is 0 Å². The van der Waals surface area contributed by atoms with Gasteiger partial charge in [0, 0.05) is 5.69 Å². The minimum absolute atomic E-state index is 0.00886. The molecule has 4 nitrogen and oxygen atoms in total. The van der Waals surface area contributed by atoms with Crippen molar-refractivity contribution >= 4 is 38.9 Å². The van der Waals surface area contributed by atoms with Gasteiger partial charge >= 0.3 is 0 Å². The van der Waals surface area contributed by atoms with Crippen molar-refractivity contribution in [2.75, 3.05) is 11.9 Å². The first kappa shape index (κ1) is 13.6. The van der Waals surface area contributed by atoms with Crippen molar-refractivity contribution < 1.29 is 9.53 Å². The van der Waals surface area contributed by atoms with Gasteiger partial charge in [0.2, 0.25) is 0 Å². The highest BCUT2D eigenvalue weighted by atomic mass is 79.9. The summed E-state index contributed by atoms with van der Waals surface area (Å²) in [4.78, 5) is 12.5. The van der Waals surface area contributed by atoms with Gasteiger partial charge in [0.05, 0.1) is 8.66 Å². The van der Waals surface area contributed by atoms with Crippen LogP contribution in [0.1, 0.15) is 9.67 Å². The number of nitriles is 1. The number of anilines is 1. The first-order valence-corrected chi connectivity index (χ1v) is 6.96. The number of hydrogen-bond acceptors (Lipinski definition) is 4. The summed E-state index contributed by atoms with van der Waals surface area (Å²) >= 11 is 4.69. The molecule has 6 heteroatoms. The highest BCUT2D eigenvalue weighted by molar-refractivity contribution is 9.11. The Bertz CT molecular complexity index is 616. The number of hydrogen-bond donors (Lipinski definition) is 1. The van der Waals surface area contributed by atoms with Crippen molar-refractivity contribution in [2.24, 2.45) is 0 Å². The number of nitrogens with zero attached hydrogens (tertiary/aromatic N) is 1. The van der Waals surface area contributed by atoms with Gasteiger partial charge in [-0.25, -0.2) is 0 Å². The fraction of sp³-hybridized carbons (Fsp3) is 0.0769. The van der Waals surface area contributed by atoms with Crippen LogP contribution in [-0.4, -0.2) is 12.5 Å². The van der Waals surface area contributed by atoms with E-state index in [1.807, 2.05) is 12.1 Å². The third kappa shape index (κ3) is 3.81. The van der Waals surface area contributed by atoms with Crippen molar-refractivity contribution in [3.63, 3.8) is 0 Å². The number of halogens is 1. The minimum Gasteiger partial charge on any atom is -0.479 e. The zero-order valence-corrected chi connectivity index (χ0v) is 12.1. The molecule has 0 aliphatic rings. The molecule has 1 N–H and O–H groups in total. The Morgan fingerprint density at radius 3 is 2.63 bits per heavy atom. The van der Waals surface area contributed by atoms with Crippen molar-refractivity contribution in [3.8, 4) is 11.8 Å². The molecular weight excluding hydrogens is 328 g/mol. The lowest BCUT2D eigenvalue weighted by Gasteiger charge is -2.05. The Hall–Kier alpha value is -1.84. The molecule has 0 radical (unpaired) electrons. The van der Waals surface area contributed by atoms with E-state index in [0.29, 0.717) is 16.3 Å². The van der Waals surface area contributed by atoms with Crippen LogP contribution in [0, 0.1) is 11.3 Å². The average molecular weight is 337 g/mol. The molecule has 0 spiro atoms. The van der Waals surface area contributed by atoms with Crippen molar-refractivity contribution in [1.82, 2.24) is 0 Å². The number of benzene rings is 1. The Labute approximate surface area is 122 Å². The van der Waals surface area contributed by atoms with E-state index in [-0.39, 0.29) is 12.5 Å². The van der Waals surface area contributed by atoms with E-state index in [1.54, 1.807) is 30.3 Å². The van der Waals surface area contributed by atoms with Crippen molar-refractivity contribution in [3.05, 3.63) is 45.1 Å². The van der Waals surface area contributed by atoms with Gasteiger partial charge in [-0.15, -0.1) is 11.3 Å². The third-order valence-electron chi connectivity index (χ3n) is 2.21. The van der Waals surface area contributed by atoms with Crippen LogP contribution in [0.25, 0.3) is 0 Å². The molecule has 0 saturated carbocycles. The molecule has 1 amide bonds. The summed E-state index contributed by atoms with van der Waals surface area (Å²) in [5, 5.41) is 11.2. The summed E-state index contributed by atoms with van der Waals surface area (Å²) in [6.07, 6.45) is 0. The largest absolute Gasteiger partial charge is 0.479 e. The molecule has 1 aromatic heterocycles. The molecule has 0 bridgehead atoms. The van der Waals surface area contributed by atoms with Crippen molar-refractivity contribution in [2.45, 2.75) is 0 Å². The van der Waals surface area contributed by atoms with Gasteiger partial charge in [0.15, 0.2) is 6.61 Å². The predicted molar refractivity (Wildman–Crippen MR) is 77.5 cm³/mol. The third-order valence-corrected chi connectivity index (χ3v) is 3.83. The van der Waals surface area contributed by atoms with E-state index in [4.69, 9.17) is 10.00 Å². The van der Waals surface area contributed by atoms with E-state index in [9.17, 15) is 4.79 Å². The maximum Gasteiger partial charge on any atom is 0.265 e. The number of carbonyl (C=O) groups is 1. The van der Waals surface area contributed by atoms with E-state index < -0.39 is 0 Å². The average Bonchev–Trinajstić information content (AvgIpc) is 2.85. The first-order valence-electron chi connectivity index (χ1n) is 5.35. The highest BCUT2D eigenvalue weighted by Crippen LogP contribution is 2.23. The van der Waals surface area contributed by atoms with E-state index in [1.165, 1.54) is 11.3 Å². The summed E-state index contributed by atoms with van der Waals surface area (Å²) in [7, 11) is 0. The molecule has 2 aromatic rings. The molecular formula is C13H9BrN2O2S. The Kier molecular flexibility index (Phi) is 4.55. The Morgan fingerprint density at radius 2 is 2.05 bits per heavy atom. The molecule has 1 aromatic carbocycles. The molecule has 0 unspecified atom stereocenters. The number of carbonyl (C=O) groups excluding carboxylic acids is 1. The topological polar surface area (TPSA) is 62.1 Å². The van der Waals surface area contributed by atoms with E-state index in [0.717, 1.165) is 3.79 Å². The smallest absolute Gasteiger partial charge is 0.265 e. The molecule has 0 aliphatic heterocycles. The van der Waals surface area contributed by atoms with Gasteiger partial charge in [-0.05, 0) is 52.3 Å². The normalized spacial score (nSPS) is 9.68. The van der Waals surface area contributed by atoms with E-state index in [2.05, 4.69) is 21.2 Å². The van der Waals surface area contributed by atoms with Gasteiger partial charge in [0.1, 0.15) is 11.8 Å². The highest BCUT2D eigenvalue weighted by Gasteiger charge is 2.08. The first-order chi connectivity index (χ1) is 9.19. The van der Waals surface area contributed by atoms with Crippen LogP contribution in [0.5, 0.6) is 5.75 Å². The second-order valence-corrected chi connectivity index (χ2v) is 5.99. The van der Waals surface area contributed by atoms with Gasteiger partial charge < -0.3 is 10.1 Å². The molecule has 0 aliphatic carbocycles. The molecule has 0 fully saturated rings. The van der Waals surface area contributed by atoms with Crippen LogP contribution in [0.2, 0.25) is 0 Å². The zero-order valence-electron chi connectivity index (χ0n) is 9.72. The molecule has 0 atom stereocenters. The second-order valence-electron chi connectivity index (χ2n) is 3.53. The van der Waals surface area contributed by atoms with Crippen molar-refractivity contribution in [1.29, 1.82) is 5.26 Å². The number of nitrogens with one attached hydrogen (secondary N) is 1. The minimum atomic E-state index is -0.151. The molecule has 2 rings (SSSR count). The summed E-state index contributed by atoms with van der Waals surface area (Å²) in [5.74, 6) is 0.444. The molecule has 96 valence electrons. The van der Waals surface area contributed by atoms with Gasteiger partial charge in [-0.1, -0.05) is 0 Å². The fourth-order valence-electron chi connectivity index (χ4n) is 1.38. The maximum atomic E-state index is 11.9. The number of ether oxygens (including phenoxy) is 1. The van der Waals surface area contributed by atoms with Crippen LogP contribution >= 0.6 is 27.3 Å². The quantitative estimate of drug-likeness (QED) is 0.926. The number of rotatable bonds is 4. The SMILES string of the molecule is N#CCOc1ccc(NC(=O)c2ccc(Br)s2)cc1.